The first-order chi connectivity index (χ1) is 6.77. The number of methoxy groups -OCH3 is 1. The highest BCUT2D eigenvalue weighted by Crippen LogP contribution is 2.01. The fraction of sp³-hybridized carbons (Fsp3) is 0.375. The highest BCUT2D eigenvalue weighted by molar-refractivity contribution is 5.86. The van der Waals surface area contributed by atoms with Crippen molar-refractivity contribution in [3.8, 4) is 0 Å². The van der Waals surface area contributed by atoms with Crippen LogP contribution in [0.1, 0.15) is 10.5 Å². The zero-order chi connectivity index (χ0) is 10.4. The van der Waals surface area contributed by atoms with Gasteiger partial charge in [-0.15, -0.1) is 0 Å². The monoisotopic (exact) mass is 196 g/mol. The average molecular weight is 196 g/mol. The molecule has 6 heteroatoms. The minimum Gasteiger partial charge on any atom is -0.464 e. The summed E-state index contributed by atoms with van der Waals surface area (Å²) in [5.41, 5.74) is 5.48. The first kappa shape index (κ1) is 10.4. The molecular formula is C8H12N4O2. The first-order valence-electron chi connectivity index (χ1n) is 4.12. The second-order valence-corrected chi connectivity index (χ2v) is 2.49. The summed E-state index contributed by atoms with van der Waals surface area (Å²) in [7, 11) is 1.30. The zero-order valence-corrected chi connectivity index (χ0v) is 7.86. The molecule has 1 aromatic rings. The van der Waals surface area contributed by atoms with Crippen LogP contribution < -0.4 is 11.1 Å². The predicted octanol–water partition coefficient (Wildman–Crippen LogP) is -0.366. The maximum atomic E-state index is 11.0. The fourth-order valence-corrected chi connectivity index (χ4v) is 0.830. The van der Waals surface area contributed by atoms with Crippen LogP contribution in [-0.2, 0) is 4.74 Å². The normalized spacial score (nSPS) is 9.57. The molecule has 0 aliphatic carbocycles. The summed E-state index contributed by atoms with van der Waals surface area (Å²) in [6, 6.07) is 0. The molecule has 0 fully saturated rings. The topological polar surface area (TPSA) is 90.1 Å². The molecule has 0 bridgehead atoms. The Morgan fingerprint density at radius 2 is 2.36 bits per heavy atom. The van der Waals surface area contributed by atoms with Gasteiger partial charge in [0.1, 0.15) is 5.82 Å². The van der Waals surface area contributed by atoms with Gasteiger partial charge in [-0.3, -0.25) is 0 Å². The van der Waals surface area contributed by atoms with Crippen LogP contribution in [0.2, 0.25) is 0 Å². The van der Waals surface area contributed by atoms with E-state index in [0.29, 0.717) is 18.9 Å². The maximum absolute atomic E-state index is 11.0. The number of nitrogens with one attached hydrogen (secondary N) is 1. The third-order valence-corrected chi connectivity index (χ3v) is 1.50. The summed E-state index contributed by atoms with van der Waals surface area (Å²) >= 11 is 0. The standard InChI is InChI=1S/C8H12N4O2/c1-14-8(13)6-4-12-7(5-11-6)10-3-2-9/h4-5H,2-3,9H2,1H3,(H,10,12). The molecule has 1 aromatic heterocycles. The SMILES string of the molecule is COC(=O)c1cnc(NCCN)cn1. The predicted molar refractivity (Wildman–Crippen MR) is 50.9 cm³/mol. The van der Waals surface area contributed by atoms with Crippen LogP contribution in [0.5, 0.6) is 0 Å². The number of nitrogens with two attached hydrogens (primary N) is 1. The lowest BCUT2D eigenvalue weighted by atomic mass is 10.4. The van der Waals surface area contributed by atoms with Crippen molar-refractivity contribution in [2.75, 3.05) is 25.5 Å². The summed E-state index contributed by atoms with van der Waals surface area (Å²) < 4.78 is 4.48. The second kappa shape index (κ2) is 5.13. The largest absolute Gasteiger partial charge is 0.464 e. The molecule has 0 unspecified atom stereocenters. The van der Waals surface area contributed by atoms with Crippen molar-refractivity contribution in [2.24, 2.45) is 5.73 Å². The van der Waals surface area contributed by atoms with E-state index < -0.39 is 5.97 Å². The molecule has 0 saturated carbocycles. The van der Waals surface area contributed by atoms with E-state index in [0.717, 1.165) is 0 Å². The molecule has 0 aromatic carbocycles. The first-order valence-corrected chi connectivity index (χ1v) is 4.12. The number of hydrogen-bond acceptors (Lipinski definition) is 6. The molecule has 6 nitrogen and oxygen atoms in total. The van der Waals surface area contributed by atoms with Crippen LogP contribution in [0.4, 0.5) is 5.82 Å². The third kappa shape index (κ3) is 2.67. The van der Waals surface area contributed by atoms with Crippen LogP contribution in [0.15, 0.2) is 12.4 Å². The van der Waals surface area contributed by atoms with Crippen molar-refractivity contribution < 1.29 is 9.53 Å². The molecule has 0 radical (unpaired) electrons. The fourth-order valence-electron chi connectivity index (χ4n) is 0.830. The Hall–Kier alpha value is -1.69. The second-order valence-electron chi connectivity index (χ2n) is 2.49. The number of carbonyl (C=O) groups excluding carboxylic acids is 1. The molecule has 1 rings (SSSR count). The van der Waals surface area contributed by atoms with E-state index in [1.807, 2.05) is 0 Å². The average Bonchev–Trinajstić information content (AvgIpc) is 2.26. The van der Waals surface area contributed by atoms with Gasteiger partial charge in [-0.05, 0) is 0 Å². The Kier molecular flexibility index (Phi) is 3.81. The van der Waals surface area contributed by atoms with Gasteiger partial charge in [0.15, 0.2) is 5.69 Å². The van der Waals surface area contributed by atoms with Crippen LogP contribution in [0.3, 0.4) is 0 Å². The minimum absolute atomic E-state index is 0.186. The summed E-state index contributed by atoms with van der Waals surface area (Å²) in [5.74, 6) is 0.0889. The zero-order valence-electron chi connectivity index (χ0n) is 7.86. The Labute approximate surface area is 81.5 Å². The number of anilines is 1. The Morgan fingerprint density at radius 3 is 2.86 bits per heavy atom. The van der Waals surface area contributed by atoms with Crippen molar-refractivity contribution in [2.45, 2.75) is 0 Å². The van der Waals surface area contributed by atoms with Crippen molar-refractivity contribution in [3.05, 3.63) is 18.1 Å². The van der Waals surface area contributed by atoms with Gasteiger partial charge in [0.2, 0.25) is 0 Å². The quantitative estimate of drug-likeness (QED) is 0.639. The third-order valence-electron chi connectivity index (χ3n) is 1.50. The van der Waals surface area contributed by atoms with Gasteiger partial charge in [0.25, 0.3) is 0 Å². The van der Waals surface area contributed by atoms with Gasteiger partial charge in [-0.2, -0.15) is 0 Å². The number of ether oxygens (including phenoxy) is 1. The summed E-state index contributed by atoms with van der Waals surface area (Å²) in [6.45, 7) is 1.13. The highest BCUT2D eigenvalue weighted by Gasteiger charge is 2.06. The Balaban J connectivity index is 2.63. The van der Waals surface area contributed by atoms with Gasteiger partial charge >= 0.3 is 5.97 Å². The molecule has 1 heterocycles. The molecular weight excluding hydrogens is 184 g/mol. The number of esters is 1. The van der Waals surface area contributed by atoms with E-state index >= 15 is 0 Å². The van der Waals surface area contributed by atoms with Crippen LogP contribution in [0.25, 0.3) is 0 Å². The van der Waals surface area contributed by atoms with Crippen molar-refractivity contribution >= 4 is 11.8 Å². The molecule has 0 spiro atoms. The molecule has 14 heavy (non-hydrogen) atoms. The smallest absolute Gasteiger partial charge is 0.358 e. The molecule has 0 amide bonds. The van der Waals surface area contributed by atoms with Crippen LogP contribution >= 0.6 is 0 Å². The molecule has 0 aliphatic rings. The van der Waals surface area contributed by atoms with Crippen LogP contribution in [0, 0.1) is 0 Å². The van der Waals surface area contributed by atoms with E-state index in [2.05, 4.69) is 20.0 Å². The van der Waals surface area contributed by atoms with E-state index in [4.69, 9.17) is 5.73 Å². The molecule has 0 aliphatic heterocycles. The summed E-state index contributed by atoms with van der Waals surface area (Å²) in [5, 5.41) is 2.93. The number of hydrogen-bond donors (Lipinski definition) is 2. The summed E-state index contributed by atoms with van der Waals surface area (Å²) in [6.07, 6.45) is 2.81. The Bertz CT molecular complexity index is 299. The lowest BCUT2D eigenvalue weighted by Crippen LogP contribution is -2.14. The Morgan fingerprint density at radius 1 is 1.57 bits per heavy atom. The van der Waals surface area contributed by atoms with Crippen molar-refractivity contribution in [1.82, 2.24) is 9.97 Å². The highest BCUT2D eigenvalue weighted by atomic mass is 16.5. The molecule has 3 N–H and O–H groups in total. The van der Waals surface area contributed by atoms with Gasteiger partial charge in [-0.25, -0.2) is 14.8 Å². The number of aromatic nitrogens is 2. The number of nitrogens with zero attached hydrogens (tertiary/aromatic N) is 2. The van der Waals surface area contributed by atoms with Crippen molar-refractivity contribution in [1.29, 1.82) is 0 Å². The van der Waals surface area contributed by atoms with Crippen molar-refractivity contribution in [3.63, 3.8) is 0 Å². The van der Waals surface area contributed by atoms with Gasteiger partial charge in [0.05, 0.1) is 19.5 Å². The molecule has 0 saturated heterocycles. The summed E-state index contributed by atoms with van der Waals surface area (Å²) in [4.78, 5) is 18.8. The van der Waals surface area contributed by atoms with E-state index in [9.17, 15) is 4.79 Å². The molecule has 0 atom stereocenters. The minimum atomic E-state index is -0.497. The lowest BCUT2D eigenvalue weighted by molar-refractivity contribution is 0.0593. The molecule has 76 valence electrons. The van der Waals surface area contributed by atoms with Crippen LogP contribution in [-0.4, -0.2) is 36.1 Å². The van der Waals surface area contributed by atoms with Gasteiger partial charge < -0.3 is 15.8 Å². The van der Waals surface area contributed by atoms with E-state index in [-0.39, 0.29) is 5.69 Å². The van der Waals surface area contributed by atoms with E-state index in [1.54, 1.807) is 0 Å². The van der Waals surface area contributed by atoms with E-state index in [1.165, 1.54) is 19.5 Å². The van der Waals surface area contributed by atoms with Gasteiger partial charge in [-0.1, -0.05) is 0 Å². The number of carbonyl (C=O) groups is 1. The lowest BCUT2D eigenvalue weighted by Gasteiger charge is -2.02. The number of rotatable bonds is 4. The maximum Gasteiger partial charge on any atom is 0.358 e. The van der Waals surface area contributed by atoms with Gasteiger partial charge in [0, 0.05) is 13.1 Å².